The minimum Gasteiger partial charge on any atom is -0.300 e. The molecule has 104 valence electrons. The van der Waals surface area contributed by atoms with Gasteiger partial charge in [0.15, 0.2) is 0 Å². The molecule has 0 unspecified atom stereocenters. The summed E-state index contributed by atoms with van der Waals surface area (Å²) in [4.78, 5) is 10.0. The molecule has 0 bridgehead atoms. The summed E-state index contributed by atoms with van der Waals surface area (Å²) in [6, 6.07) is 8.83. The highest BCUT2D eigenvalue weighted by Gasteiger charge is 1.88. The van der Waals surface area contributed by atoms with E-state index in [1.54, 1.807) is 6.92 Å². The number of aryl methyl sites for hydroxylation is 2. The Hall–Kier alpha value is -1.11. The van der Waals surface area contributed by atoms with Crippen molar-refractivity contribution in [2.45, 2.75) is 67.2 Å². The fraction of sp³-hybridized carbons (Fsp3) is 0.588. The molecule has 0 amide bonds. The van der Waals surface area contributed by atoms with Crippen molar-refractivity contribution in [2.75, 3.05) is 0 Å². The molecule has 0 atom stereocenters. The summed E-state index contributed by atoms with van der Waals surface area (Å²) in [6.45, 7) is 12.0. The van der Waals surface area contributed by atoms with E-state index in [4.69, 9.17) is 0 Å². The summed E-state index contributed by atoms with van der Waals surface area (Å²) in [5.41, 5.74) is 2.86. The average molecular weight is 250 g/mol. The second kappa shape index (κ2) is 14.0. The van der Waals surface area contributed by atoms with Gasteiger partial charge in [-0.3, -0.25) is 0 Å². The van der Waals surface area contributed by atoms with Crippen LogP contribution in [-0.2, 0) is 17.6 Å². The number of benzene rings is 1. The van der Waals surface area contributed by atoms with Gasteiger partial charge in [0, 0.05) is 6.42 Å². The number of hydrogen-bond acceptors (Lipinski definition) is 1. The summed E-state index contributed by atoms with van der Waals surface area (Å²) < 4.78 is 0. The standard InChI is InChI=1S/C10H14.C5H10O.C2H6/c1-3-9-5-7-10(4-2)8-6-9;1-3-4-5(2)6;1-2/h5-8H,3-4H2,1-2H3;3-4H2,1-2H3;1-2H3. The van der Waals surface area contributed by atoms with Crippen LogP contribution in [0.5, 0.6) is 0 Å². The summed E-state index contributed by atoms with van der Waals surface area (Å²) in [6.07, 6.45) is 4.00. The van der Waals surface area contributed by atoms with E-state index in [-0.39, 0.29) is 5.78 Å². The second-order valence-corrected chi connectivity index (χ2v) is 3.98. The van der Waals surface area contributed by atoms with Crippen molar-refractivity contribution in [1.82, 2.24) is 0 Å². The molecule has 0 fully saturated rings. The molecule has 1 nitrogen and oxygen atoms in total. The third kappa shape index (κ3) is 11.4. The highest BCUT2D eigenvalue weighted by atomic mass is 16.1. The van der Waals surface area contributed by atoms with E-state index in [1.165, 1.54) is 11.1 Å². The topological polar surface area (TPSA) is 17.1 Å². The Labute approximate surface area is 114 Å². The lowest BCUT2D eigenvalue weighted by Gasteiger charge is -1.97. The molecular formula is C17H30O. The van der Waals surface area contributed by atoms with Gasteiger partial charge in [-0.2, -0.15) is 0 Å². The Balaban J connectivity index is 0. The van der Waals surface area contributed by atoms with Gasteiger partial charge in [-0.1, -0.05) is 58.9 Å². The van der Waals surface area contributed by atoms with E-state index in [2.05, 4.69) is 38.1 Å². The molecule has 1 aromatic carbocycles. The Morgan fingerprint density at radius 3 is 1.33 bits per heavy atom. The van der Waals surface area contributed by atoms with E-state index in [0.717, 1.165) is 25.7 Å². The van der Waals surface area contributed by atoms with Gasteiger partial charge < -0.3 is 4.79 Å². The second-order valence-electron chi connectivity index (χ2n) is 3.98. The Morgan fingerprint density at radius 1 is 0.889 bits per heavy atom. The molecule has 0 radical (unpaired) electrons. The predicted octanol–water partition coefficient (Wildman–Crippen LogP) is 5.21. The van der Waals surface area contributed by atoms with Crippen LogP contribution < -0.4 is 0 Å². The van der Waals surface area contributed by atoms with Gasteiger partial charge in [0.25, 0.3) is 0 Å². The lowest BCUT2D eigenvalue weighted by Crippen LogP contribution is -1.84. The zero-order chi connectivity index (χ0) is 14.4. The molecule has 0 aromatic heterocycles. The van der Waals surface area contributed by atoms with E-state index >= 15 is 0 Å². The normalized spacial score (nSPS) is 8.56. The number of hydrogen-bond donors (Lipinski definition) is 0. The first kappa shape index (κ1) is 19.2. The lowest BCUT2D eigenvalue weighted by molar-refractivity contribution is -0.117. The molecule has 0 aliphatic rings. The van der Waals surface area contributed by atoms with E-state index in [0.29, 0.717) is 0 Å². The van der Waals surface area contributed by atoms with Crippen molar-refractivity contribution < 1.29 is 4.79 Å². The maximum Gasteiger partial charge on any atom is 0.129 e. The Morgan fingerprint density at radius 2 is 1.22 bits per heavy atom. The minimum atomic E-state index is 0.289. The van der Waals surface area contributed by atoms with Crippen LogP contribution in [-0.4, -0.2) is 5.78 Å². The third-order valence-corrected chi connectivity index (χ3v) is 2.44. The molecule has 0 aliphatic heterocycles. The van der Waals surface area contributed by atoms with E-state index in [9.17, 15) is 4.79 Å². The molecular weight excluding hydrogens is 220 g/mol. The van der Waals surface area contributed by atoms with Crippen molar-refractivity contribution in [3.8, 4) is 0 Å². The van der Waals surface area contributed by atoms with Crippen molar-refractivity contribution in [1.29, 1.82) is 0 Å². The molecule has 0 aliphatic carbocycles. The maximum atomic E-state index is 10.0. The van der Waals surface area contributed by atoms with Crippen LogP contribution in [0.4, 0.5) is 0 Å². The van der Waals surface area contributed by atoms with Gasteiger partial charge in [-0.15, -0.1) is 0 Å². The molecule has 0 saturated heterocycles. The Kier molecular flexibility index (Phi) is 14.9. The van der Waals surface area contributed by atoms with Crippen LogP contribution in [0.2, 0.25) is 0 Å². The quantitative estimate of drug-likeness (QED) is 0.716. The first-order chi connectivity index (χ1) is 8.63. The van der Waals surface area contributed by atoms with E-state index < -0.39 is 0 Å². The number of carbonyl (C=O) groups excluding carboxylic acids is 1. The van der Waals surface area contributed by atoms with Gasteiger partial charge in [-0.05, 0) is 37.3 Å². The van der Waals surface area contributed by atoms with Crippen LogP contribution in [0.3, 0.4) is 0 Å². The van der Waals surface area contributed by atoms with Crippen molar-refractivity contribution >= 4 is 5.78 Å². The monoisotopic (exact) mass is 250 g/mol. The minimum absolute atomic E-state index is 0.289. The fourth-order valence-electron chi connectivity index (χ4n) is 1.36. The zero-order valence-corrected chi connectivity index (χ0v) is 13.0. The zero-order valence-electron chi connectivity index (χ0n) is 13.0. The SMILES string of the molecule is CC.CCCC(C)=O.CCc1ccc(CC)cc1. The van der Waals surface area contributed by atoms with Crippen LogP contribution in [0.15, 0.2) is 24.3 Å². The summed E-state index contributed by atoms with van der Waals surface area (Å²) in [5, 5.41) is 0. The van der Waals surface area contributed by atoms with E-state index in [1.807, 2.05) is 20.8 Å². The highest BCUT2D eigenvalue weighted by molar-refractivity contribution is 5.75. The molecule has 0 saturated carbocycles. The highest BCUT2D eigenvalue weighted by Crippen LogP contribution is 2.04. The molecule has 1 rings (SSSR count). The number of Topliss-reactive ketones (excluding diaryl/α,β-unsaturated/α-hetero) is 1. The summed E-state index contributed by atoms with van der Waals surface area (Å²) in [7, 11) is 0. The number of rotatable bonds is 4. The van der Waals surface area contributed by atoms with Gasteiger partial charge in [0.1, 0.15) is 5.78 Å². The summed E-state index contributed by atoms with van der Waals surface area (Å²) in [5.74, 6) is 0.289. The lowest BCUT2D eigenvalue weighted by atomic mass is 10.1. The predicted molar refractivity (Wildman–Crippen MR) is 82.1 cm³/mol. The van der Waals surface area contributed by atoms with Crippen molar-refractivity contribution in [3.63, 3.8) is 0 Å². The van der Waals surface area contributed by atoms with Crippen molar-refractivity contribution in [3.05, 3.63) is 35.4 Å². The third-order valence-electron chi connectivity index (χ3n) is 2.44. The molecule has 1 heteroatoms. The summed E-state index contributed by atoms with van der Waals surface area (Å²) >= 11 is 0. The van der Waals surface area contributed by atoms with Gasteiger partial charge >= 0.3 is 0 Å². The smallest absolute Gasteiger partial charge is 0.129 e. The molecule has 0 heterocycles. The Bertz CT molecular complexity index is 262. The number of carbonyl (C=O) groups is 1. The van der Waals surface area contributed by atoms with Crippen LogP contribution in [0.1, 0.15) is 65.5 Å². The largest absolute Gasteiger partial charge is 0.300 e. The van der Waals surface area contributed by atoms with Crippen LogP contribution in [0, 0.1) is 0 Å². The molecule has 0 spiro atoms. The van der Waals surface area contributed by atoms with Crippen LogP contribution in [0.25, 0.3) is 0 Å². The number of ketones is 1. The molecule has 0 N–H and O–H groups in total. The van der Waals surface area contributed by atoms with Crippen LogP contribution >= 0.6 is 0 Å². The van der Waals surface area contributed by atoms with Gasteiger partial charge in [0.2, 0.25) is 0 Å². The van der Waals surface area contributed by atoms with Gasteiger partial charge in [0.05, 0.1) is 0 Å². The molecule has 1 aromatic rings. The average Bonchev–Trinajstić information content (AvgIpc) is 2.41. The fourth-order valence-corrected chi connectivity index (χ4v) is 1.36. The van der Waals surface area contributed by atoms with Crippen molar-refractivity contribution in [2.24, 2.45) is 0 Å². The maximum absolute atomic E-state index is 10.0. The van der Waals surface area contributed by atoms with Gasteiger partial charge in [-0.25, -0.2) is 0 Å². The first-order valence-corrected chi connectivity index (χ1v) is 7.21. The first-order valence-electron chi connectivity index (χ1n) is 7.21. The molecule has 18 heavy (non-hydrogen) atoms.